The molecule has 0 amide bonds. The Bertz CT molecular complexity index is 868. The first-order chi connectivity index (χ1) is 11.8. The van der Waals surface area contributed by atoms with Crippen LogP contribution in [0.25, 0.3) is 11.0 Å². The third-order valence-electron chi connectivity index (χ3n) is 3.61. The van der Waals surface area contributed by atoms with Crippen molar-refractivity contribution >= 4 is 28.4 Å². The van der Waals surface area contributed by atoms with Crippen molar-refractivity contribution in [3.05, 3.63) is 28.1 Å². The Morgan fingerprint density at radius 1 is 1.20 bits per heavy atom. The highest BCUT2D eigenvalue weighted by Crippen LogP contribution is 2.36. The summed E-state index contributed by atoms with van der Waals surface area (Å²) in [5.41, 5.74) is 4.89. The SMILES string of the molecule is CCCCCOc1cc(OC(C)=O)c2c(N)c(C(C)=O)c(=O)oc2c1. The summed E-state index contributed by atoms with van der Waals surface area (Å²) in [4.78, 5) is 35.1. The number of nitrogens with two attached hydrogens (primary N) is 1. The number of fused-ring (bicyclic) bond motifs is 1. The predicted octanol–water partition coefficient (Wildman–Crippen LogP) is 3.07. The Morgan fingerprint density at radius 2 is 1.92 bits per heavy atom. The molecule has 0 aliphatic carbocycles. The minimum atomic E-state index is -0.839. The average molecular weight is 347 g/mol. The Kier molecular flexibility index (Phi) is 5.80. The second-order valence-electron chi connectivity index (χ2n) is 5.68. The molecule has 1 aromatic carbocycles. The summed E-state index contributed by atoms with van der Waals surface area (Å²) in [7, 11) is 0. The van der Waals surface area contributed by atoms with Crippen molar-refractivity contribution in [1.29, 1.82) is 0 Å². The molecule has 0 fully saturated rings. The van der Waals surface area contributed by atoms with Crippen molar-refractivity contribution in [1.82, 2.24) is 0 Å². The molecule has 2 rings (SSSR count). The van der Waals surface area contributed by atoms with Gasteiger partial charge in [0.1, 0.15) is 22.6 Å². The van der Waals surface area contributed by atoms with E-state index in [1.54, 1.807) is 0 Å². The molecule has 0 saturated carbocycles. The number of Topliss-reactive ketones (excluding diaryl/α,β-unsaturated/α-hetero) is 1. The molecule has 2 N–H and O–H groups in total. The number of anilines is 1. The van der Waals surface area contributed by atoms with E-state index < -0.39 is 17.4 Å². The van der Waals surface area contributed by atoms with Crippen LogP contribution in [0.4, 0.5) is 5.69 Å². The molecule has 0 aliphatic rings. The lowest BCUT2D eigenvalue weighted by Crippen LogP contribution is -2.16. The van der Waals surface area contributed by atoms with Gasteiger partial charge in [0.2, 0.25) is 0 Å². The molecule has 0 atom stereocenters. The zero-order valence-electron chi connectivity index (χ0n) is 14.5. The normalized spacial score (nSPS) is 10.7. The summed E-state index contributed by atoms with van der Waals surface area (Å²) < 4.78 is 16.0. The quantitative estimate of drug-likeness (QED) is 0.269. The van der Waals surface area contributed by atoms with Crippen LogP contribution in [0.15, 0.2) is 21.3 Å². The Balaban J connectivity index is 2.59. The second kappa shape index (κ2) is 7.83. The molecule has 1 heterocycles. The summed E-state index contributed by atoms with van der Waals surface area (Å²) in [6.45, 7) is 5.01. The molecule has 134 valence electrons. The van der Waals surface area contributed by atoms with E-state index in [1.165, 1.54) is 26.0 Å². The number of hydrogen-bond donors (Lipinski definition) is 1. The number of carbonyl (C=O) groups excluding carboxylic acids is 2. The van der Waals surface area contributed by atoms with Crippen LogP contribution in [0, 0.1) is 0 Å². The van der Waals surface area contributed by atoms with E-state index in [0.29, 0.717) is 12.4 Å². The number of benzene rings is 1. The van der Waals surface area contributed by atoms with E-state index in [-0.39, 0.29) is 28.0 Å². The lowest BCUT2D eigenvalue weighted by atomic mass is 10.1. The molecule has 2 aromatic rings. The van der Waals surface area contributed by atoms with Gasteiger partial charge in [-0.25, -0.2) is 4.79 Å². The van der Waals surface area contributed by atoms with Crippen LogP contribution in [0.1, 0.15) is 50.4 Å². The van der Waals surface area contributed by atoms with Crippen LogP contribution in [0.3, 0.4) is 0 Å². The second-order valence-corrected chi connectivity index (χ2v) is 5.68. The van der Waals surface area contributed by atoms with Crippen molar-refractivity contribution in [3.63, 3.8) is 0 Å². The maximum atomic E-state index is 12.0. The first kappa shape index (κ1) is 18.5. The van der Waals surface area contributed by atoms with Crippen molar-refractivity contribution in [2.75, 3.05) is 12.3 Å². The van der Waals surface area contributed by atoms with E-state index in [2.05, 4.69) is 6.92 Å². The minimum Gasteiger partial charge on any atom is -0.493 e. The van der Waals surface area contributed by atoms with Gasteiger partial charge < -0.3 is 19.6 Å². The molecule has 7 nitrogen and oxygen atoms in total. The highest BCUT2D eigenvalue weighted by molar-refractivity contribution is 6.07. The van der Waals surface area contributed by atoms with Gasteiger partial charge in [-0.1, -0.05) is 19.8 Å². The molecule has 1 aromatic heterocycles. The smallest absolute Gasteiger partial charge is 0.349 e. The number of esters is 1. The molecule has 25 heavy (non-hydrogen) atoms. The van der Waals surface area contributed by atoms with Gasteiger partial charge >= 0.3 is 11.6 Å². The topological polar surface area (TPSA) is 109 Å². The zero-order chi connectivity index (χ0) is 18.6. The van der Waals surface area contributed by atoms with E-state index in [1.807, 2.05) is 0 Å². The molecule has 0 radical (unpaired) electrons. The molecule has 0 bridgehead atoms. The van der Waals surface area contributed by atoms with Crippen LogP contribution >= 0.6 is 0 Å². The molecule has 0 saturated heterocycles. The molecular formula is C18H21NO6. The van der Waals surface area contributed by atoms with Gasteiger partial charge in [0.05, 0.1) is 17.7 Å². The zero-order valence-corrected chi connectivity index (χ0v) is 14.5. The number of ether oxygens (including phenoxy) is 2. The van der Waals surface area contributed by atoms with Gasteiger partial charge in [-0.05, 0) is 13.3 Å². The third-order valence-corrected chi connectivity index (χ3v) is 3.61. The Hall–Kier alpha value is -2.83. The van der Waals surface area contributed by atoms with Crippen LogP contribution < -0.4 is 20.8 Å². The lowest BCUT2D eigenvalue weighted by molar-refractivity contribution is -0.131. The summed E-state index contributed by atoms with van der Waals surface area (Å²) in [6.07, 6.45) is 2.94. The average Bonchev–Trinajstić information content (AvgIpc) is 2.50. The van der Waals surface area contributed by atoms with E-state index in [9.17, 15) is 14.4 Å². The predicted molar refractivity (Wildman–Crippen MR) is 93.2 cm³/mol. The Labute approximate surface area is 144 Å². The van der Waals surface area contributed by atoms with Crippen LogP contribution in [-0.2, 0) is 4.79 Å². The fourth-order valence-corrected chi connectivity index (χ4v) is 2.49. The maximum absolute atomic E-state index is 12.0. The van der Waals surface area contributed by atoms with Gasteiger partial charge in [-0.3, -0.25) is 9.59 Å². The number of unbranched alkanes of at least 4 members (excludes halogenated alkanes) is 2. The van der Waals surface area contributed by atoms with Crippen molar-refractivity contribution < 1.29 is 23.5 Å². The summed E-state index contributed by atoms with van der Waals surface area (Å²) in [5, 5.41) is 0.195. The number of hydrogen-bond acceptors (Lipinski definition) is 7. The van der Waals surface area contributed by atoms with E-state index in [4.69, 9.17) is 19.6 Å². The van der Waals surface area contributed by atoms with Crippen molar-refractivity contribution in [3.8, 4) is 11.5 Å². The van der Waals surface area contributed by atoms with Gasteiger partial charge in [-0.15, -0.1) is 0 Å². The summed E-state index contributed by atoms with van der Waals surface area (Å²) in [5.74, 6) is -0.626. The molecule has 0 spiro atoms. The first-order valence-electron chi connectivity index (χ1n) is 8.07. The van der Waals surface area contributed by atoms with Crippen LogP contribution in [-0.4, -0.2) is 18.4 Å². The molecule has 7 heteroatoms. The maximum Gasteiger partial charge on any atom is 0.349 e. The molecule has 0 aliphatic heterocycles. The van der Waals surface area contributed by atoms with E-state index in [0.717, 1.165) is 19.3 Å². The van der Waals surface area contributed by atoms with Gasteiger partial charge in [0, 0.05) is 19.1 Å². The fraction of sp³-hybridized carbons (Fsp3) is 0.389. The highest BCUT2D eigenvalue weighted by Gasteiger charge is 2.21. The molecule has 0 unspecified atom stereocenters. The third kappa shape index (κ3) is 4.17. The monoisotopic (exact) mass is 347 g/mol. The minimum absolute atomic E-state index is 0.0764. The highest BCUT2D eigenvalue weighted by atomic mass is 16.5. The number of nitrogen functional groups attached to an aromatic ring is 1. The van der Waals surface area contributed by atoms with Crippen LogP contribution in [0.2, 0.25) is 0 Å². The van der Waals surface area contributed by atoms with Crippen LogP contribution in [0.5, 0.6) is 11.5 Å². The largest absolute Gasteiger partial charge is 0.493 e. The fourth-order valence-electron chi connectivity index (χ4n) is 2.49. The van der Waals surface area contributed by atoms with Gasteiger partial charge in [0.25, 0.3) is 0 Å². The lowest BCUT2D eigenvalue weighted by Gasteiger charge is -2.13. The van der Waals surface area contributed by atoms with Gasteiger partial charge in [-0.2, -0.15) is 0 Å². The van der Waals surface area contributed by atoms with Crippen molar-refractivity contribution in [2.24, 2.45) is 0 Å². The molecular weight excluding hydrogens is 326 g/mol. The van der Waals surface area contributed by atoms with Gasteiger partial charge in [0.15, 0.2) is 5.78 Å². The number of ketones is 1. The summed E-state index contributed by atoms with van der Waals surface area (Å²) >= 11 is 0. The first-order valence-corrected chi connectivity index (χ1v) is 8.07. The summed E-state index contributed by atoms with van der Waals surface area (Å²) in [6, 6.07) is 2.99. The number of carbonyl (C=O) groups is 2. The standard InChI is InChI=1S/C18H21NO6/c1-4-5-6-7-23-12-8-13(24-11(3)21)16-14(9-12)25-18(22)15(10(2)20)17(16)19/h8-9H,4-7,19H2,1-3H3. The number of rotatable bonds is 7. The Morgan fingerprint density at radius 3 is 2.52 bits per heavy atom. The van der Waals surface area contributed by atoms with Crippen molar-refractivity contribution in [2.45, 2.75) is 40.0 Å². The van der Waals surface area contributed by atoms with E-state index >= 15 is 0 Å².